The predicted molar refractivity (Wildman–Crippen MR) is 98.8 cm³/mol. The van der Waals surface area contributed by atoms with Gasteiger partial charge in [-0.15, -0.1) is 0 Å². The van der Waals surface area contributed by atoms with Crippen LogP contribution in [0.4, 0.5) is 0 Å². The van der Waals surface area contributed by atoms with Crippen LogP contribution in [0.1, 0.15) is 19.8 Å². The van der Waals surface area contributed by atoms with Crippen molar-refractivity contribution in [1.82, 2.24) is 9.44 Å². The molecule has 10 heteroatoms. The number of benzene rings is 2. The zero-order valence-electron chi connectivity index (χ0n) is 14.5. The third-order valence-electron chi connectivity index (χ3n) is 3.71. The maximum Gasteiger partial charge on any atom is 0.340 e. The fourth-order valence-electron chi connectivity index (χ4n) is 2.47. The van der Waals surface area contributed by atoms with E-state index in [2.05, 4.69) is 0 Å². The number of sulfonamides is 2. The molecule has 3 N–H and O–H groups in total. The Labute approximate surface area is 158 Å². The van der Waals surface area contributed by atoms with Gasteiger partial charge in [0.1, 0.15) is 0 Å². The molecule has 146 valence electrons. The van der Waals surface area contributed by atoms with E-state index in [1.165, 1.54) is 48.5 Å². The highest BCUT2D eigenvalue weighted by Crippen LogP contribution is 2.20. The first-order valence-corrected chi connectivity index (χ1v) is 11.0. The van der Waals surface area contributed by atoms with Crippen molar-refractivity contribution in [3.8, 4) is 0 Å². The summed E-state index contributed by atoms with van der Waals surface area (Å²) >= 11 is 0. The van der Waals surface area contributed by atoms with E-state index in [1.807, 2.05) is 9.44 Å². The van der Waals surface area contributed by atoms with Gasteiger partial charge in [-0.3, -0.25) is 0 Å². The molecule has 0 spiro atoms. The molecule has 0 radical (unpaired) electrons. The van der Waals surface area contributed by atoms with Gasteiger partial charge in [0.15, 0.2) is 5.66 Å². The van der Waals surface area contributed by atoms with Crippen molar-refractivity contribution in [1.29, 1.82) is 0 Å². The maximum absolute atomic E-state index is 12.6. The van der Waals surface area contributed by atoms with E-state index in [0.29, 0.717) is 0 Å². The van der Waals surface area contributed by atoms with E-state index in [1.54, 1.807) is 19.1 Å². The number of carbonyl (C=O) groups is 1. The number of carboxylic acid groups (broad SMARTS) is 1. The van der Waals surface area contributed by atoms with Crippen LogP contribution in [0.2, 0.25) is 0 Å². The molecule has 0 aliphatic heterocycles. The number of nitrogens with one attached hydrogen (secondary N) is 2. The molecule has 0 saturated carbocycles. The SMILES string of the molecule is CCCC(NS(=O)(=O)c1ccccc1)(NS(=O)(=O)c1ccccc1)C(=O)O. The number of rotatable bonds is 9. The molecule has 27 heavy (non-hydrogen) atoms. The van der Waals surface area contributed by atoms with Gasteiger partial charge >= 0.3 is 5.97 Å². The zero-order valence-corrected chi connectivity index (χ0v) is 16.1. The Morgan fingerprint density at radius 1 is 0.852 bits per heavy atom. The number of aliphatic carboxylic acids is 1. The van der Waals surface area contributed by atoms with Crippen LogP contribution in [0.15, 0.2) is 70.5 Å². The van der Waals surface area contributed by atoms with Crippen molar-refractivity contribution in [3.05, 3.63) is 60.7 Å². The smallest absolute Gasteiger partial charge is 0.340 e. The molecular weight excluding hydrogens is 392 g/mol. The first kappa shape index (κ1) is 21.0. The van der Waals surface area contributed by atoms with E-state index < -0.39 is 31.7 Å². The predicted octanol–water partition coefficient (Wildman–Crippen LogP) is 1.52. The van der Waals surface area contributed by atoms with Crippen molar-refractivity contribution >= 4 is 26.0 Å². The summed E-state index contributed by atoms with van der Waals surface area (Å²) in [5.74, 6) is -1.65. The quantitative estimate of drug-likeness (QED) is 0.536. The first-order valence-electron chi connectivity index (χ1n) is 8.04. The molecule has 0 heterocycles. The van der Waals surface area contributed by atoms with Crippen LogP contribution in [0.25, 0.3) is 0 Å². The lowest BCUT2D eigenvalue weighted by molar-refractivity contribution is -0.145. The van der Waals surface area contributed by atoms with E-state index in [0.717, 1.165) is 0 Å². The van der Waals surface area contributed by atoms with Gasteiger partial charge in [-0.25, -0.2) is 21.6 Å². The second-order valence-corrected chi connectivity index (χ2v) is 9.16. The second-order valence-electron chi connectivity index (χ2n) is 5.80. The lowest BCUT2D eigenvalue weighted by atomic mass is 10.1. The van der Waals surface area contributed by atoms with E-state index in [4.69, 9.17) is 0 Å². The first-order chi connectivity index (χ1) is 12.6. The summed E-state index contributed by atoms with van der Waals surface area (Å²) in [7, 11) is -8.59. The molecular formula is C17H20N2O6S2. The minimum absolute atomic E-state index is 0.175. The van der Waals surface area contributed by atoms with Gasteiger partial charge in [0, 0.05) is 0 Å². The molecule has 0 saturated heterocycles. The molecule has 0 unspecified atom stereocenters. The van der Waals surface area contributed by atoms with Gasteiger partial charge in [-0.2, -0.15) is 9.44 Å². The van der Waals surface area contributed by atoms with Crippen LogP contribution >= 0.6 is 0 Å². The average molecular weight is 412 g/mol. The fraction of sp³-hybridized carbons (Fsp3) is 0.235. The molecule has 8 nitrogen and oxygen atoms in total. The van der Waals surface area contributed by atoms with Crippen molar-refractivity contribution in [2.75, 3.05) is 0 Å². The van der Waals surface area contributed by atoms with Crippen LogP contribution in [0, 0.1) is 0 Å². The Morgan fingerprint density at radius 2 is 1.22 bits per heavy atom. The zero-order chi connectivity index (χ0) is 20.1. The lowest BCUT2D eigenvalue weighted by Gasteiger charge is -2.30. The maximum atomic E-state index is 12.6. The summed E-state index contributed by atoms with van der Waals surface area (Å²) in [6.07, 6.45) is -0.0820. The molecule has 2 aromatic carbocycles. The van der Waals surface area contributed by atoms with Crippen LogP contribution in [0.5, 0.6) is 0 Å². The van der Waals surface area contributed by atoms with Gasteiger partial charge in [0.25, 0.3) is 0 Å². The number of carboxylic acids is 1. The number of hydrogen-bond acceptors (Lipinski definition) is 5. The van der Waals surface area contributed by atoms with Crippen molar-refractivity contribution in [2.24, 2.45) is 0 Å². The van der Waals surface area contributed by atoms with Gasteiger partial charge in [-0.05, 0) is 30.7 Å². The molecule has 0 atom stereocenters. The van der Waals surface area contributed by atoms with Crippen LogP contribution in [0.3, 0.4) is 0 Å². The summed E-state index contributed by atoms with van der Waals surface area (Å²) in [5.41, 5.74) is -2.43. The van der Waals surface area contributed by atoms with Gasteiger partial charge in [-0.1, -0.05) is 49.7 Å². The molecule has 0 bridgehead atoms. The molecule has 0 aliphatic carbocycles. The highest BCUT2D eigenvalue weighted by molar-refractivity contribution is 7.90. The summed E-state index contributed by atoms with van der Waals surface area (Å²) in [6.45, 7) is 1.62. The fourth-order valence-corrected chi connectivity index (χ4v) is 5.20. The standard InChI is InChI=1S/C17H20N2O6S2/c1-2-13-17(16(20)21,18-26(22,23)14-9-5-3-6-10-14)19-27(24,25)15-11-7-4-8-12-15/h3-12,18-19H,2,13H2,1H3,(H,20,21). The molecule has 0 amide bonds. The molecule has 0 aliphatic rings. The van der Waals surface area contributed by atoms with Crippen LogP contribution in [-0.4, -0.2) is 33.6 Å². The Balaban J connectivity index is 2.49. The molecule has 2 rings (SSSR count). The van der Waals surface area contributed by atoms with Gasteiger partial charge < -0.3 is 5.11 Å². The topological polar surface area (TPSA) is 130 Å². The number of hydrogen-bond donors (Lipinski definition) is 3. The normalized spacial score (nSPS) is 12.6. The third kappa shape index (κ3) is 4.92. The average Bonchev–Trinajstić information content (AvgIpc) is 2.62. The van der Waals surface area contributed by atoms with Crippen molar-refractivity contribution in [2.45, 2.75) is 35.2 Å². The molecule has 2 aromatic rings. The summed E-state index contributed by atoms with van der Waals surface area (Å²) < 4.78 is 54.6. The Bertz CT molecular complexity index is 919. The van der Waals surface area contributed by atoms with Crippen LogP contribution < -0.4 is 9.44 Å². The van der Waals surface area contributed by atoms with E-state index in [-0.39, 0.29) is 22.6 Å². The van der Waals surface area contributed by atoms with Crippen molar-refractivity contribution < 1.29 is 26.7 Å². The van der Waals surface area contributed by atoms with Crippen LogP contribution in [-0.2, 0) is 24.8 Å². The highest BCUT2D eigenvalue weighted by atomic mass is 32.2. The lowest BCUT2D eigenvalue weighted by Crippen LogP contribution is -2.65. The van der Waals surface area contributed by atoms with E-state index in [9.17, 15) is 26.7 Å². The van der Waals surface area contributed by atoms with Gasteiger partial charge in [0.2, 0.25) is 20.0 Å². The van der Waals surface area contributed by atoms with E-state index >= 15 is 0 Å². The van der Waals surface area contributed by atoms with Gasteiger partial charge in [0.05, 0.1) is 9.79 Å². The van der Waals surface area contributed by atoms with Crippen molar-refractivity contribution in [3.63, 3.8) is 0 Å². The Morgan fingerprint density at radius 3 is 1.52 bits per heavy atom. The minimum Gasteiger partial charge on any atom is -0.479 e. The highest BCUT2D eigenvalue weighted by Gasteiger charge is 2.45. The summed E-state index contributed by atoms with van der Waals surface area (Å²) in [4.78, 5) is 11.6. The second kappa shape index (κ2) is 8.17. The minimum atomic E-state index is -4.30. The monoisotopic (exact) mass is 412 g/mol. The summed E-state index contributed by atoms with van der Waals surface area (Å²) in [5, 5.41) is 9.72. The third-order valence-corrected chi connectivity index (χ3v) is 6.73. The summed E-state index contributed by atoms with van der Waals surface area (Å²) in [6, 6.07) is 14.3. The Kier molecular flexibility index (Phi) is 6.37. The molecule has 0 fully saturated rings. The largest absolute Gasteiger partial charge is 0.479 e. The Hall–Kier alpha value is -2.27. The molecule has 0 aromatic heterocycles.